The van der Waals surface area contributed by atoms with Gasteiger partial charge >= 0.3 is 5.97 Å². The molecule has 4 nitrogen and oxygen atoms in total. The van der Waals surface area contributed by atoms with Crippen LogP contribution >= 0.6 is 0 Å². The molecule has 2 fully saturated rings. The summed E-state index contributed by atoms with van der Waals surface area (Å²) in [5.41, 5.74) is 0. The molecule has 0 spiro atoms. The largest absolute Gasteiger partial charge is 0.480 e. The number of carboxylic acid groups (broad SMARTS) is 1. The number of nitrogens with zero attached hydrogens (tertiary/aromatic N) is 1. The van der Waals surface area contributed by atoms with Crippen molar-refractivity contribution >= 4 is 11.9 Å². The number of carboxylic acids is 1. The lowest BCUT2D eigenvalue weighted by Crippen LogP contribution is -2.52. The van der Waals surface area contributed by atoms with Gasteiger partial charge in [0.25, 0.3) is 0 Å². The summed E-state index contributed by atoms with van der Waals surface area (Å²) in [5.74, 6) is -0.184. The van der Waals surface area contributed by atoms with E-state index in [1.54, 1.807) is 4.90 Å². The Kier molecular flexibility index (Phi) is 2.91. The highest BCUT2D eigenvalue weighted by Gasteiger charge is 2.46. The summed E-state index contributed by atoms with van der Waals surface area (Å²) in [6.07, 6.45) is 2.76. The Hall–Kier alpha value is -1.06. The van der Waals surface area contributed by atoms with Gasteiger partial charge in [-0.25, -0.2) is 4.79 Å². The minimum Gasteiger partial charge on any atom is -0.480 e. The van der Waals surface area contributed by atoms with Crippen molar-refractivity contribution in [3.8, 4) is 0 Å². The second kappa shape index (κ2) is 4.07. The van der Waals surface area contributed by atoms with Gasteiger partial charge in [0.15, 0.2) is 0 Å². The molecule has 0 aromatic carbocycles. The molecule has 0 aromatic heterocycles. The fourth-order valence-electron chi connectivity index (χ4n) is 2.69. The van der Waals surface area contributed by atoms with Crippen molar-refractivity contribution in [1.82, 2.24) is 4.90 Å². The van der Waals surface area contributed by atoms with Gasteiger partial charge in [-0.15, -0.1) is 0 Å². The Morgan fingerprint density at radius 1 is 1.25 bits per heavy atom. The number of likely N-dealkylation sites (tertiary alicyclic amines) is 1. The number of rotatable bonds is 2. The minimum absolute atomic E-state index is 0.0615. The Bertz CT molecular complexity index is 315. The number of carbonyl (C=O) groups excluding carboxylic acids is 1. The Balaban J connectivity index is 2.10. The first-order valence-electron chi connectivity index (χ1n) is 6.05. The van der Waals surface area contributed by atoms with E-state index in [9.17, 15) is 14.7 Å². The molecule has 4 unspecified atom stereocenters. The highest BCUT2D eigenvalue weighted by molar-refractivity contribution is 5.87. The molecule has 0 bridgehead atoms. The molecule has 1 N–H and O–H groups in total. The van der Waals surface area contributed by atoms with E-state index in [4.69, 9.17) is 0 Å². The maximum atomic E-state index is 12.1. The van der Waals surface area contributed by atoms with Crippen LogP contribution in [-0.2, 0) is 9.59 Å². The van der Waals surface area contributed by atoms with Crippen molar-refractivity contribution in [2.75, 3.05) is 6.54 Å². The summed E-state index contributed by atoms with van der Waals surface area (Å²) >= 11 is 0. The van der Waals surface area contributed by atoms with Crippen LogP contribution in [0.15, 0.2) is 0 Å². The highest BCUT2D eigenvalue weighted by Crippen LogP contribution is 2.40. The second-order valence-corrected chi connectivity index (χ2v) is 5.25. The van der Waals surface area contributed by atoms with Crippen molar-refractivity contribution in [3.63, 3.8) is 0 Å². The lowest BCUT2D eigenvalue weighted by molar-refractivity contribution is -0.155. The van der Waals surface area contributed by atoms with E-state index in [1.807, 2.05) is 13.8 Å². The first-order chi connectivity index (χ1) is 7.52. The van der Waals surface area contributed by atoms with Gasteiger partial charge in [-0.05, 0) is 31.1 Å². The van der Waals surface area contributed by atoms with Gasteiger partial charge in [0.05, 0.1) is 0 Å². The summed E-state index contributed by atoms with van der Waals surface area (Å²) < 4.78 is 0. The molecule has 1 aliphatic carbocycles. The number of amides is 1. The molecular formula is C12H19NO3. The number of hydrogen-bond donors (Lipinski definition) is 1. The minimum atomic E-state index is -0.853. The monoisotopic (exact) mass is 225 g/mol. The normalized spacial score (nSPS) is 38.2. The summed E-state index contributed by atoms with van der Waals surface area (Å²) in [7, 11) is 0. The fourth-order valence-corrected chi connectivity index (χ4v) is 2.69. The van der Waals surface area contributed by atoms with E-state index in [1.165, 1.54) is 0 Å². The Morgan fingerprint density at radius 3 is 2.38 bits per heavy atom. The molecule has 0 aromatic rings. The summed E-state index contributed by atoms with van der Waals surface area (Å²) in [4.78, 5) is 24.9. The van der Waals surface area contributed by atoms with Crippen LogP contribution < -0.4 is 0 Å². The second-order valence-electron chi connectivity index (χ2n) is 5.25. The zero-order valence-corrected chi connectivity index (χ0v) is 9.85. The van der Waals surface area contributed by atoms with E-state index >= 15 is 0 Å². The standard InChI is InChI=1S/C12H19NO3/c1-7-4-3-5-13(10(7)12(15)16)11(14)9-6-8(9)2/h7-10H,3-6H2,1-2H3,(H,15,16). The zero-order valence-electron chi connectivity index (χ0n) is 9.85. The van der Waals surface area contributed by atoms with E-state index in [0.717, 1.165) is 19.3 Å². The molecule has 2 rings (SSSR count). The molecule has 2 aliphatic rings. The smallest absolute Gasteiger partial charge is 0.326 e. The van der Waals surface area contributed by atoms with E-state index in [2.05, 4.69) is 0 Å². The maximum absolute atomic E-state index is 12.1. The molecular weight excluding hydrogens is 206 g/mol. The molecule has 1 heterocycles. The molecule has 1 aliphatic heterocycles. The first-order valence-corrected chi connectivity index (χ1v) is 6.05. The third-order valence-electron chi connectivity index (χ3n) is 3.90. The van der Waals surface area contributed by atoms with Crippen molar-refractivity contribution in [1.29, 1.82) is 0 Å². The van der Waals surface area contributed by atoms with Crippen molar-refractivity contribution < 1.29 is 14.7 Å². The van der Waals surface area contributed by atoms with Crippen LogP contribution in [-0.4, -0.2) is 34.5 Å². The molecule has 4 heteroatoms. The van der Waals surface area contributed by atoms with E-state index in [0.29, 0.717) is 12.5 Å². The van der Waals surface area contributed by atoms with Gasteiger partial charge in [-0.1, -0.05) is 13.8 Å². The lowest BCUT2D eigenvalue weighted by atomic mass is 9.90. The molecule has 1 amide bonds. The summed E-state index contributed by atoms with van der Waals surface area (Å²) in [6.45, 7) is 4.59. The molecule has 90 valence electrons. The molecule has 1 saturated heterocycles. The number of carbonyl (C=O) groups is 2. The topological polar surface area (TPSA) is 57.6 Å². The van der Waals surface area contributed by atoms with Gasteiger partial charge in [-0.3, -0.25) is 4.79 Å². The Labute approximate surface area is 95.6 Å². The molecule has 4 atom stereocenters. The predicted molar refractivity (Wildman–Crippen MR) is 58.8 cm³/mol. The fraction of sp³-hybridized carbons (Fsp3) is 0.833. The van der Waals surface area contributed by atoms with Crippen LogP contribution in [0.4, 0.5) is 0 Å². The van der Waals surface area contributed by atoms with Crippen LogP contribution in [0.3, 0.4) is 0 Å². The SMILES string of the molecule is CC1CC1C(=O)N1CCCC(C)C1C(=O)O. The van der Waals surface area contributed by atoms with Crippen molar-refractivity contribution in [2.24, 2.45) is 17.8 Å². The van der Waals surface area contributed by atoms with E-state index < -0.39 is 12.0 Å². The number of aliphatic carboxylic acids is 1. The quantitative estimate of drug-likeness (QED) is 0.771. The van der Waals surface area contributed by atoms with Crippen molar-refractivity contribution in [3.05, 3.63) is 0 Å². The van der Waals surface area contributed by atoms with E-state index in [-0.39, 0.29) is 17.7 Å². The predicted octanol–water partition coefficient (Wildman–Crippen LogP) is 1.35. The van der Waals surface area contributed by atoms with Gasteiger partial charge < -0.3 is 10.0 Å². The molecule has 1 saturated carbocycles. The average molecular weight is 225 g/mol. The molecule has 16 heavy (non-hydrogen) atoms. The zero-order chi connectivity index (χ0) is 11.9. The summed E-state index contributed by atoms with van der Waals surface area (Å²) in [5, 5.41) is 9.20. The van der Waals surface area contributed by atoms with Crippen LogP contribution in [0, 0.1) is 17.8 Å². The first kappa shape index (κ1) is 11.4. The third-order valence-corrected chi connectivity index (χ3v) is 3.90. The van der Waals surface area contributed by atoms with Crippen LogP contribution in [0.5, 0.6) is 0 Å². The van der Waals surface area contributed by atoms with Crippen LogP contribution in [0.1, 0.15) is 33.1 Å². The maximum Gasteiger partial charge on any atom is 0.326 e. The van der Waals surface area contributed by atoms with Crippen LogP contribution in [0.25, 0.3) is 0 Å². The lowest BCUT2D eigenvalue weighted by Gasteiger charge is -2.37. The average Bonchev–Trinajstić information content (AvgIpc) is 2.93. The molecule has 0 radical (unpaired) electrons. The van der Waals surface area contributed by atoms with Gasteiger partial charge in [0.1, 0.15) is 6.04 Å². The highest BCUT2D eigenvalue weighted by atomic mass is 16.4. The van der Waals surface area contributed by atoms with Crippen LogP contribution in [0.2, 0.25) is 0 Å². The van der Waals surface area contributed by atoms with Gasteiger partial charge in [-0.2, -0.15) is 0 Å². The van der Waals surface area contributed by atoms with Gasteiger partial charge in [0.2, 0.25) is 5.91 Å². The number of hydrogen-bond acceptors (Lipinski definition) is 2. The van der Waals surface area contributed by atoms with Gasteiger partial charge in [0, 0.05) is 12.5 Å². The number of piperidine rings is 1. The summed E-state index contributed by atoms with van der Waals surface area (Å²) in [6, 6.07) is -0.603. The van der Waals surface area contributed by atoms with Crippen molar-refractivity contribution in [2.45, 2.75) is 39.2 Å². The third kappa shape index (κ3) is 1.93. The Morgan fingerprint density at radius 2 is 1.88 bits per heavy atom.